The lowest BCUT2D eigenvalue weighted by molar-refractivity contribution is -0.123. The zero-order chi connectivity index (χ0) is 20.0. The standard InChI is InChI=1S/C19H19F2NO5/c1-4-26-16-8-5-12(9-17(16)25-3)19(24)27-11(2)18(23)22-13-6-7-14(20)15(21)10-13/h5-11H,4H2,1-3H3,(H,22,23)/t11-/m1/s1. The van der Waals surface area contributed by atoms with Gasteiger partial charge >= 0.3 is 5.97 Å². The highest BCUT2D eigenvalue weighted by atomic mass is 19.2. The Balaban J connectivity index is 2.03. The van der Waals surface area contributed by atoms with E-state index in [9.17, 15) is 18.4 Å². The largest absolute Gasteiger partial charge is 0.493 e. The Kier molecular flexibility index (Phi) is 6.70. The van der Waals surface area contributed by atoms with Crippen molar-refractivity contribution < 1.29 is 32.6 Å². The van der Waals surface area contributed by atoms with Crippen LogP contribution in [0, 0.1) is 11.6 Å². The second-order valence-electron chi connectivity index (χ2n) is 5.46. The molecule has 0 saturated carbocycles. The van der Waals surface area contributed by atoms with Crippen molar-refractivity contribution in [3.63, 3.8) is 0 Å². The predicted molar refractivity (Wildman–Crippen MR) is 94.0 cm³/mol. The van der Waals surface area contributed by atoms with E-state index < -0.39 is 29.6 Å². The van der Waals surface area contributed by atoms with Crippen molar-refractivity contribution in [3.8, 4) is 11.5 Å². The molecule has 0 unspecified atom stereocenters. The number of ether oxygens (including phenoxy) is 3. The Morgan fingerprint density at radius 3 is 2.44 bits per heavy atom. The molecule has 1 N–H and O–H groups in total. The monoisotopic (exact) mass is 379 g/mol. The topological polar surface area (TPSA) is 73.9 Å². The highest BCUT2D eigenvalue weighted by molar-refractivity contribution is 5.97. The van der Waals surface area contributed by atoms with Crippen LogP contribution in [0.2, 0.25) is 0 Å². The Morgan fingerprint density at radius 1 is 1.07 bits per heavy atom. The van der Waals surface area contributed by atoms with Gasteiger partial charge in [0.25, 0.3) is 5.91 Å². The van der Waals surface area contributed by atoms with Crippen molar-refractivity contribution in [1.82, 2.24) is 0 Å². The van der Waals surface area contributed by atoms with E-state index >= 15 is 0 Å². The Morgan fingerprint density at radius 2 is 1.81 bits per heavy atom. The van der Waals surface area contributed by atoms with Crippen LogP contribution in [0.4, 0.5) is 14.5 Å². The number of carbonyl (C=O) groups is 2. The molecule has 27 heavy (non-hydrogen) atoms. The van der Waals surface area contributed by atoms with Crippen LogP contribution in [0.15, 0.2) is 36.4 Å². The lowest BCUT2D eigenvalue weighted by Crippen LogP contribution is -2.30. The van der Waals surface area contributed by atoms with Gasteiger partial charge in [-0.3, -0.25) is 4.79 Å². The molecule has 0 radical (unpaired) electrons. The van der Waals surface area contributed by atoms with Crippen molar-refractivity contribution >= 4 is 17.6 Å². The van der Waals surface area contributed by atoms with Gasteiger partial charge in [-0.2, -0.15) is 0 Å². The van der Waals surface area contributed by atoms with Gasteiger partial charge in [-0.25, -0.2) is 13.6 Å². The van der Waals surface area contributed by atoms with Crippen LogP contribution in [0.1, 0.15) is 24.2 Å². The van der Waals surface area contributed by atoms with Crippen LogP contribution in [-0.4, -0.2) is 31.7 Å². The average Bonchev–Trinajstić information content (AvgIpc) is 2.65. The first-order valence-corrected chi connectivity index (χ1v) is 8.13. The molecule has 6 nitrogen and oxygen atoms in total. The van der Waals surface area contributed by atoms with E-state index in [0.717, 1.165) is 12.1 Å². The molecule has 0 aliphatic rings. The number of methoxy groups -OCH3 is 1. The molecule has 0 aromatic heterocycles. The second-order valence-corrected chi connectivity index (χ2v) is 5.46. The first-order valence-electron chi connectivity index (χ1n) is 8.13. The molecule has 2 rings (SSSR count). The molecule has 8 heteroatoms. The number of esters is 1. The quantitative estimate of drug-likeness (QED) is 0.745. The van der Waals surface area contributed by atoms with Crippen LogP contribution < -0.4 is 14.8 Å². The smallest absolute Gasteiger partial charge is 0.339 e. The molecule has 1 atom stereocenters. The summed E-state index contributed by atoms with van der Waals surface area (Å²) in [5, 5.41) is 2.35. The fourth-order valence-electron chi connectivity index (χ4n) is 2.17. The van der Waals surface area contributed by atoms with E-state index in [1.165, 1.54) is 32.2 Å². The van der Waals surface area contributed by atoms with Crippen molar-refractivity contribution in [3.05, 3.63) is 53.6 Å². The summed E-state index contributed by atoms with van der Waals surface area (Å²) >= 11 is 0. The van der Waals surface area contributed by atoms with Crippen LogP contribution in [0.25, 0.3) is 0 Å². The molecule has 2 aromatic carbocycles. The summed E-state index contributed by atoms with van der Waals surface area (Å²) in [6.45, 7) is 3.61. The van der Waals surface area contributed by atoms with Crippen molar-refractivity contribution in [1.29, 1.82) is 0 Å². The molecule has 0 heterocycles. The third-order valence-electron chi connectivity index (χ3n) is 3.54. The summed E-state index contributed by atoms with van der Waals surface area (Å²) in [4.78, 5) is 24.3. The highest BCUT2D eigenvalue weighted by Gasteiger charge is 2.20. The van der Waals surface area contributed by atoms with E-state index in [1.807, 2.05) is 6.92 Å². The van der Waals surface area contributed by atoms with Gasteiger partial charge in [0.05, 0.1) is 19.3 Å². The lowest BCUT2D eigenvalue weighted by Gasteiger charge is -2.15. The lowest BCUT2D eigenvalue weighted by atomic mass is 10.2. The number of nitrogens with one attached hydrogen (secondary N) is 1. The van der Waals surface area contributed by atoms with Gasteiger partial charge < -0.3 is 19.5 Å². The molecule has 0 spiro atoms. The molecular formula is C19H19F2NO5. The van der Waals surface area contributed by atoms with Crippen molar-refractivity contribution in [2.75, 3.05) is 19.0 Å². The molecule has 2 aromatic rings. The summed E-state index contributed by atoms with van der Waals surface area (Å²) in [6, 6.07) is 7.39. The zero-order valence-electron chi connectivity index (χ0n) is 15.0. The minimum Gasteiger partial charge on any atom is -0.493 e. The third-order valence-corrected chi connectivity index (χ3v) is 3.54. The maximum absolute atomic E-state index is 13.2. The summed E-state index contributed by atoms with van der Waals surface area (Å²) in [5.41, 5.74) is 0.215. The molecule has 0 aliphatic carbocycles. The predicted octanol–water partition coefficient (Wildman–Crippen LogP) is 3.56. The fourth-order valence-corrected chi connectivity index (χ4v) is 2.17. The molecule has 144 valence electrons. The number of halogens is 2. The van der Waals surface area contributed by atoms with E-state index in [0.29, 0.717) is 18.1 Å². The van der Waals surface area contributed by atoms with Gasteiger partial charge in [0.15, 0.2) is 29.2 Å². The molecule has 0 saturated heterocycles. The molecular weight excluding hydrogens is 360 g/mol. The Bertz CT molecular complexity index is 841. The van der Waals surface area contributed by atoms with Gasteiger partial charge in [-0.15, -0.1) is 0 Å². The SMILES string of the molecule is CCOc1ccc(C(=O)O[C@H](C)C(=O)Nc2ccc(F)c(F)c2)cc1OC. The average molecular weight is 379 g/mol. The maximum Gasteiger partial charge on any atom is 0.339 e. The number of hydrogen-bond donors (Lipinski definition) is 1. The molecule has 0 bridgehead atoms. The number of carbonyl (C=O) groups excluding carboxylic acids is 2. The molecule has 1 amide bonds. The molecule has 0 fully saturated rings. The number of amides is 1. The van der Waals surface area contributed by atoms with Crippen LogP contribution in [0.5, 0.6) is 11.5 Å². The first-order chi connectivity index (χ1) is 12.8. The van der Waals surface area contributed by atoms with Crippen molar-refractivity contribution in [2.24, 2.45) is 0 Å². The fraction of sp³-hybridized carbons (Fsp3) is 0.263. The summed E-state index contributed by atoms with van der Waals surface area (Å²) < 4.78 is 41.7. The second kappa shape index (κ2) is 8.98. The van der Waals surface area contributed by atoms with Crippen LogP contribution >= 0.6 is 0 Å². The van der Waals surface area contributed by atoms with Crippen LogP contribution in [0.3, 0.4) is 0 Å². The number of rotatable bonds is 7. The van der Waals surface area contributed by atoms with Gasteiger partial charge in [0.2, 0.25) is 0 Å². The summed E-state index contributed by atoms with van der Waals surface area (Å²) in [5.74, 6) is -2.74. The molecule has 0 aliphatic heterocycles. The van der Waals surface area contributed by atoms with E-state index in [1.54, 1.807) is 6.07 Å². The number of hydrogen-bond acceptors (Lipinski definition) is 5. The van der Waals surface area contributed by atoms with Gasteiger partial charge in [0, 0.05) is 11.8 Å². The van der Waals surface area contributed by atoms with Gasteiger partial charge in [0.1, 0.15) is 0 Å². The Hall–Kier alpha value is -3.16. The normalized spacial score (nSPS) is 11.4. The van der Waals surface area contributed by atoms with Crippen molar-refractivity contribution in [2.45, 2.75) is 20.0 Å². The minimum absolute atomic E-state index is 0.0459. The third kappa shape index (κ3) is 5.16. The number of anilines is 1. The maximum atomic E-state index is 13.2. The minimum atomic E-state index is -1.16. The Labute approximate surface area is 155 Å². The van der Waals surface area contributed by atoms with Crippen LogP contribution in [-0.2, 0) is 9.53 Å². The van der Waals surface area contributed by atoms with Gasteiger partial charge in [-0.05, 0) is 44.2 Å². The first kappa shape index (κ1) is 20.2. The zero-order valence-corrected chi connectivity index (χ0v) is 15.0. The highest BCUT2D eigenvalue weighted by Crippen LogP contribution is 2.28. The summed E-state index contributed by atoms with van der Waals surface area (Å²) in [7, 11) is 1.44. The van der Waals surface area contributed by atoms with Gasteiger partial charge in [-0.1, -0.05) is 0 Å². The van der Waals surface area contributed by atoms with E-state index in [4.69, 9.17) is 14.2 Å². The van der Waals surface area contributed by atoms with E-state index in [-0.39, 0.29) is 11.3 Å². The number of benzene rings is 2. The summed E-state index contributed by atoms with van der Waals surface area (Å²) in [6.07, 6.45) is -1.16. The van der Waals surface area contributed by atoms with E-state index in [2.05, 4.69) is 5.32 Å².